The average molecular weight is 286 g/mol. The lowest BCUT2D eigenvalue weighted by atomic mass is 10.1. The number of amides is 1. The summed E-state index contributed by atoms with van der Waals surface area (Å²) in [6, 6.07) is 7.17. The highest BCUT2D eigenvalue weighted by Crippen LogP contribution is 2.18. The van der Waals surface area contributed by atoms with Gasteiger partial charge in [0.2, 0.25) is 0 Å². The smallest absolute Gasteiger partial charge is 0.252 e. The Morgan fingerprint density at radius 2 is 2.00 bits per heavy atom. The SMILES string of the molecule is O=C(Nc1ccc2ccc(Cl)nc2n1)C1=CCC=CC1. The maximum absolute atomic E-state index is 12.1. The molecule has 0 aromatic carbocycles. The summed E-state index contributed by atoms with van der Waals surface area (Å²) >= 11 is 5.84. The number of carbonyl (C=O) groups excluding carboxylic acids is 1. The maximum atomic E-state index is 12.1. The van der Waals surface area contributed by atoms with Crippen molar-refractivity contribution < 1.29 is 4.79 Å². The molecule has 0 bridgehead atoms. The van der Waals surface area contributed by atoms with E-state index in [0.29, 0.717) is 23.0 Å². The van der Waals surface area contributed by atoms with E-state index in [0.717, 1.165) is 17.4 Å². The zero-order valence-electron chi connectivity index (χ0n) is 10.6. The van der Waals surface area contributed by atoms with Crippen molar-refractivity contribution in [2.24, 2.45) is 0 Å². The van der Waals surface area contributed by atoms with Gasteiger partial charge in [-0.3, -0.25) is 4.79 Å². The number of pyridine rings is 2. The van der Waals surface area contributed by atoms with Crippen LogP contribution in [0.5, 0.6) is 0 Å². The molecule has 0 saturated carbocycles. The normalized spacial score (nSPS) is 14.2. The quantitative estimate of drug-likeness (QED) is 0.679. The molecule has 0 aliphatic heterocycles. The molecule has 2 aromatic heterocycles. The first-order valence-electron chi connectivity index (χ1n) is 6.31. The van der Waals surface area contributed by atoms with Crippen molar-refractivity contribution in [2.75, 3.05) is 5.32 Å². The molecule has 100 valence electrons. The molecule has 0 saturated heterocycles. The molecule has 0 atom stereocenters. The molecule has 1 N–H and O–H groups in total. The Balaban J connectivity index is 1.83. The Morgan fingerprint density at radius 3 is 2.80 bits per heavy atom. The van der Waals surface area contributed by atoms with Crippen molar-refractivity contribution in [3.63, 3.8) is 0 Å². The van der Waals surface area contributed by atoms with E-state index in [1.807, 2.05) is 30.4 Å². The Kier molecular flexibility index (Phi) is 3.48. The first-order chi connectivity index (χ1) is 9.72. The van der Waals surface area contributed by atoms with Crippen LogP contribution in [0.15, 0.2) is 48.1 Å². The predicted octanol–water partition coefficient (Wildman–Crippen LogP) is 3.50. The number of hydrogen-bond donors (Lipinski definition) is 1. The van der Waals surface area contributed by atoms with Crippen molar-refractivity contribution in [3.8, 4) is 0 Å². The second-order valence-corrected chi connectivity index (χ2v) is 4.86. The van der Waals surface area contributed by atoms with E-state index >= 15 is 0 Å². The van der Waals surface area contributed by atoms with Crippen molar-refractivity contribution in [3.05, 3.63) is 53.2 Å². The van der Waals surface area contributed by atoms with E-state index in [2.05, 4.69) is 15.3 Å². The average Bonchev–Trinajstić information content (AvgIpc) is 2.47. The summed E-state index contributed by atoms with van der Waals surface area (Å²) in [5.41, 5.74) is 1.28. The lowest BCUT2D eigenvalue weighted by Gasteiger charge is -2.09. The third kappa shape index (κ3) is 2.70. The molecule has 1 aliphatic rings. The highest BCUT2D eigenvalue weighted by Gasteiger charge is 2.11. The van der Waals surface area contributed by atoms with Crippen molar-refractivity contribution >= 4 is 34.4 Å². The highest BCUT2D eigenvalue weighted by atomic mass is 35.5. The van der Waals surface area contributed by atoms with Crippen LogP contribution in [-0.4, -0.2) is 15.9 Å². The molecular weight excluding hydrogens is 274 g/mol. The molecule has 0 unspecified atom stereocenters. The zero-order chi connectivity index (χ0) is 13.9. The Morgan fingerprint density at radius 1 is 1.15 bits per heavy atom. The Labute approximate surface area is 121 Å². The minimum Gasteiger partial charge on any atom is -0.307 e. The number of rotatable bonds is 2. The molecule has 20 heavy (non-hydrogen) atoms. The van der Waals surface area contributed by atoms with E-state index in [-0.39, 0.29) is 5.91 Å². The van der Waals surface area contributed by atoms with E-state index in [1.54, 1.807) is 12.1 Å². The van der Waals surface area contributed by atoms with Gasteiger partial charge in [0.1, 0.15) is 11.0 Å². The third-order valence-corrected chi connectivity index (χ3v) is 3.27. The molecule has 0 fully saturated rings. The lowest BCUT2D eigenvalue weighted by molar-refractivity contribution is -0.113. The molecule has 1 amide bonds. The summed E-state index contributed by atoms with van der Waals surface area (Å²) in [5.74, 6) is 0.357. The summed E-state index contributed by atoms with van der Waals surface area (Å²) in [5, 5.41) is 4.05. The van der Waals surface area contributed by atoms with E-state index in [1.165, 1.54) is 0 Å². The standard InChI is InChI=1S/C15H12ClN3O/c16-12-8-6-10-7-9-13(18-14(10)17-12)19-15(20)11-4-2-1-3-5-11/h1-2,5-9H,3-4H2,(H,17,18,19,20). The summed E-state index contributed by atoms with van der Waals surface area (Å²) in [6.45, 7) is 0. The molecule has 0 spiro atoms. The van der Waals surface area contributed by atoms with Crippen LogP contribution in [0.4, 0.5) is 5.82 Å². The fraction of sp³-hybridized carbons (Fsp3) is 0.133. The van der Waals surface area contributed by atoms with Gasteiger partial charge in [-0.2, -0.15) is 0 Å². The fourth-order valence-corrected chi connectivity index (χ4v) is 2.17. The number of nitrogens with one attached hydrogen (secondary N) is 1. The van der Waals surface area contributed by atoms with Crippen molar-refractivity contribution in [2.45, 2.75) is 12.8 Å². The maximum Gasteiger partial charge on any atom is 0.252 e. The minimum absolute atomic E-state index is 0.122. The van der Waals surface area contributed by atoms with Gasteiger partial charge in [0, 0.05) is 11.0 Å². The highest BCUT2D eigenvalue weighted by molar-refractivity contribution is 6.29. The van der Waals surface area contributed by atoms with Gasteiger partial charge in [-0.15, -0.1) is 0 Å². The van der Waals surface area contributed by atoms with Gasteiger partial charge in [-0.25, -0.2) is 9.97 Å². The van der Waals surface area contributed by atoms with Crippen LogP contribution in [0.1, 0.15) is 12.8 Å². The van der Waals surface area contributed by atoms with Gasteiger partial charge in [-0.1, -0.05) is 29.8 Å². The zero-order valence-corrected chi connectivity index (χ0v) is 11.4. The summed E-state index contributed by atoms with van der Waals surface area (Å²) in [7, 11) is 0. The van der Waals surface area contributed by atoms with Crippen LogP contribution in [0, 0.1) is 0 Å². The molecule has 0 radical (unpaired) electrons. The molecule has 2 aromatic rings. The van der Waals surface area contributed by atoms with E-state index in [9.17, 15) is 4.79 Å². The molecule has 5 heteroatoms. The third-order valence-electron chi connectivity index (χ3n) is 3.06. The summed E-state index contributed by atoms with van der Waals surface area (Å²) in [6.07, 6.45) is 7.40. The summed E-state index contributed by atoms with van der Waals surface area (Å²) < 4.78 is 0. The number of anilines is 1. The van der Waals surface area contributed by atoms with Crippen molar-refractivity contribution in [1.29, 1.82) is 0 Å². The van der Waals surface area contributed by atoms with Crippen LogP contribution in [0.3, 0.4) is 0 Å². The van der Waals surface area contributed by atoms with Gasteiger partial charge in [-0.05, 0) is 37.1 Å². The monoisotopic (exact) mass is 285 g/mol. The van der Waals surface area contributed by atoms with Crippen LogP contribution in [0.25, 0.3) is 11.0 Å². The molecule has 2 heterocycles. The Bertz CT molecular complexity index is 737. The number of aromatic nitrogens is 2. The van der Waals surface area contributed by atoms with Gasteiger partial charge < -0.3 is 5.32 Å². The second-order valence-electron chi connectivity index (χ2n) is 4.47. The van der Waals surface area contributed by atoms with E-state index in [4.69, 9.17) is 11.6 Å². The van der Waals surface area contributed by atoms with Gasteiger partial charge >= 0.3 is 0 Å². The van der Waals surface area contributed by atoms with Crippen LogP contribution < -0.4 is 5.32 Å². The second kappa shape index (κ2) is 5.43. The molecule has 3 rings (SSSR count). The van der Waals surface area contributed by atoms with Crippen LogP contribution >= 0.6 is 11.6 Å². The number of allylic oxidation sites excluding steroid dienone is 3. The number of carbonyl (C=O) groups is 1. The number of hydrogen-bond acceptors (Lipinski definition) is 3. The van der Waals surface area contributed by atoms with Gasteiger partial charge in [0.05, 0.1) is 0 Å². The fourth-order valence-electron chi connectivity index (χ4n) is 2.03. The lowest BCUT2D eigenvalue weighted by Crippen LogP contribution is -2.15. The molecule has 1 aliphatic carbocycles. The van der Waals surface area contributed by atoms with Crippen LogP contribution in [-0.2, 0) is 4.79 Å². The summed E-state index contributed by atoms with van der Waals surface area (Å²) in [4.78, 5) is 20.5. The number of halogens is 1. The first kappa shape index (κ1) is 12.8. The molecular formula is C15H12ClN3O. The molecule has 4 nitrogen and oxygen atoms in total. The number of fused-ring (bicyclic) bond motifs is 1. The largest absolute Gasteiger partial charge is 0.307 e. The van der Waals surface area contributed by atoms with E-state index < -0.39 is 0 Å². The predicted molar refractivity (Wildman–Crippen MR) is 79.6 cm³/mol. The first-order valence-corrected chi connectivity index (χ1v) is 6.69. The Hall–Kier alpha value is -2.20. The van der Waals surface area contributed by atoms with Crippen molar-refractivity contribution in [1.82, 2.24) is 9.97 Å². The van der Waals surface area contributed by atoms with Gasteiger partial charge in [0.25, 0.3) is 5.91 Å². The van der Waals surface area contributed by atoms with Crippen LogP contribution in [0.2, 0.25) is 5.15 Å². The van der Waals surface area contributed by atoms with Gasteiger partial charge in [0.15, 0.2) is 5.65 Å². The minimum atomic E-state index is -0.122. The topological polar surface area (TPSA) is 54.9 Å². The number of nitrogens with zero attached hydrogens (tertiary/aromatic N) is 2.